The average molecular weight is 236 g/mol. The minimum Gasteiger partial charge on any atom is -0.733 e. The number of rotatable bonds is 2. The molecule has 7 nitrogen and oxygen atoms in total. The highest BCUT2D eigenvalue weighted by Crippen LogP contribution is 2.34. The van der Waals surface area contributed by atoms with E-state index in [1.807, 2.05) is 0 Å². The molecule has 0 unspecified atom stereocenters. The molecule has 1 aliphatic heterocycles. The number of amides is 2. The molecule has 0 radical (unpaired) electrons. The number of carbonyl (C=O) groups is 2. The number of nitrogens with one attached hydrogen (secondary N) is 2. The first-order valence-electron chi connectivity index (χ1n) is 4.88. The number of benzene rings is 1. The lowest BCUT2D eigenvalue weighted by molar-refractivity contribution is -0.115. The Morgan fingerprint density at radius 3 is 2.88 bits per heavy atom. The fourth-order valence-electron chi connectivity index (χ4n) is 1.71. The van der Waals surface area contributed by atoms with Crippen LogP contribution >= 0.6 is 0 Å². The Hall–Kier alpha value is -2.12. The minimum absolute atomic E-state index is 0.101. The maximum Gasteiger partial charge on any atom is 0.228 e. The van der Waals surface area contributed by atoms with Crippen LogP contribution in [0.15, 0.2) is 12.1 Å². The lowest BCUT2D eigenvalue weighted by atomic mass is 10.1. The van der Waals surface area contributed by atoms with Crippen LogP contribution < -0.4 is 15.9 Å². The summed E-state index contributed by atoms with van der Waals surface area (Å²) >= 11 is 0. The standard InChI is InChI=1S/C10H10N3O4/c1-5(14)11-8-4-7-6(3-10(15)12-7)2-9(8)13(16)17/h2,4,16H,3H2,1H3,(H,11,14)(H,12,15)/q-1. The van der Waals surface area contributed by atoms with Gasteiger partial charge in [-0.25, -0.2) is 0 Å². The maximum atomic E-state index is 11.2. The first-order valence-corrected chi connectivity index (χ1v) is 4.88. The van der Waals surface area contributed by atoms with Gasteiger partial charge in [0.1, 0.15) is 0 Å². The van der Waals surface area contributed by atoms with Crippen molar-refractivity contribution in [2.75, 3.05) is 15.9 Å². The van der Waals surface area contributed by atoms with Crippen LogP contribution in [0.2, 0.25) is 0 Å². The maximum absolute atomic E-state index is 11.2. The van der Waals surface area contributed by atoms with E-state index >= 15 is 0 Å². The van der Waals surface area contributed by atoms with Crippen molar-refractivity contribution in [1.29, 1.82) is 0 Å². The fourth-order valence-corrected chi connectivity index (χ4v) is 1.71. The van der Waals surface area contributed by atoms with Gasteiger partial charge in [0.2, 0.25) is 11.8 Å². The van der Waals surface area contributed by atoms with Crippen LogP contribution in [-0.4, -0.2) is 17.0 Å². The van der Waals surface area contributed by atoms with E-state index in [2.05, 4.69) is 10.6 Å². The van der Waals surface area contributed by atoms with Gasteiger partial charge < -0.3 is 21.1 Å². The molecular formula is C10H10N3O4-. The second-order valence-electron chi connectivity index (χ2n) is 3.71. The van der Waals surface area contributed by atoms with Crippen LogP contribution in [0.1, 0.15) is 12.5 Å². The highest BCUT2D eigenvalue weighted by Gasteiger charge is 2.20. The van der Waals surface area contributed by atoms with Crippen molar-refractivity contribution < 1.29 is 14.8 Å². The normalized spacial score (nSPS) is 13.0. The lowest BCUT2D eigenvalue weighted by Crippen LogP contribution is -2.14. The smallest absolute Gasteiger partial charge is 0.228 e. The molecule has 1 heterocycles. The predicted octanol–water partition coefficient (Wildman–Crippen LogP) is 0.833. The van der Waals surface area contributed by atoms with Crippen molar-refractivity contribution in [3.63, 3.8) is 0 Å². The molecule has 0 spiro atoms. The van der Waals surface area contributed by atoms with E-state index < -0.39 is 0 Å². The number of fused-ring (bicyclic) bond motifs is 1. The SMILES string of the molecule is CC(=O)Nc1cc2c(cc1N([O-])O)CC(=O)N2. The third kappa shape index (κ3) is 2.19. The molecule has 3 N–H and O–H groups in total. The number of carbonyl (C=O) groups excluding carboxylic acids is 2. The van der Waals surface area contributed by atoms with Gasteiger partial charge in [-0.2, -0.15) is 0 Å². The first-order chi connectivity index (χ1) is 7.97. The molecule has 90 valence electrons. The topological polar surface area (TPSA) is 105 Å². The highest BCUT2D eigenvalue weighted by atomic mass is 16.8. The molecule has 0 aliphatic carbocycles. The molecule has 1 aromatic carbocycles. The van der Waals surface area contributed by atoms with E-state index in [0.717, 1.165) is 0 Å². The fraction of sp³-hybridized carbons (Fsp3) is 0.200. The zero-order chi connectivity index (χ0) is 12.6. The summed E-state index contributed by atoms with van der Waals surface area (Å²) in [7, 11) is 0. The van der Waals surface area contributed by atoms with Crippen LogP contribution in [0.5, 0.6) is 0 Å². The Kier molecular flexibility index (Phi) is 2.70. The van der Waals surface area contributed by atoms with Gasteiger partial charge in [-0.15, -0.1) is 0 Å². The van der Waals surface area contributed by atoms with Crippen LogP contribution in [0, 0.1) is 5.21 Å². The highest BCUT2D eigenvalue weighted by molar-refractivity contribution is 6.02. The van der Waals surface area contributed by atoms with Gasteiger partial charge in [0, 0.05) is 12.6 Å². The molecule has 7 heteroatoms. The number of nitrogens with zero attached hydrogens (tertiary/aromatic N) is 1. The van der Waals surface area contributed by atoms with Crippen molar-refractivity contribution in [3.05, 3.63) is 22.9 Å². The summed E-state index contributed by atoms with van der Waals surface area (Å²) in [5.74, 6) is -0.571. The van der Waals surface area contributed by atoms with Crippen molar-refractivity contribution in [2.45, 2.75) is 13.3 Å². The molecule has 0 bridgehead atoms. The van der Waals surface area contributed by atoms with E-state index in [1.54, 1.807) is 0 Å². The molecule has 0 fully saturated rings. The quantitative estimate of drug-likeness (QED) is 0.660. The summed E-state index contributed by atoms with van der Waals surface area (Å²) < 4.78 is 0. The molecule has 0 aromatic heterocycles. The molecule has 1 aromatic rings. The minimum atomic E-state index is -0.377. The first kappa shape index (κ1) is 11.4. The van der Waals surface area contributed by atoms with Crippen LogP contribution in [-0.2, 0) is 16.0 Å². The third-order valence-electron chi connectivity index (χ3n) is 2.36. The van der Waals surface area contributed by atoms with Gasteiger partial charge in [0.15, 0.2) is 0 Å². The van der Waals surface area contributed by atoms with Gasteiger partial charge in [-0.3, -0.25) is 14.8 Å². The largest absolute Gasteiger partial charge is 0.733 e. The summed E-state index contributed by atoms with van der Waals surface area (Å²) in [4.78, 5) is 22.1. The van der Waals surface area contributed by atoms with Crippen LogP contribution in [0.4, 0.5) is 17.1 Å². The second kappa shape index (κ2) is 4.04. The second-order valence-corrected chi connectivity index (χ2v) is 3.71. The van der Waals surface area contributed by atoms with E-state index in [4.69, 9.17) is 5.21 Å². The van der Waals surface area contributed by atoms with Crippen molar-refractivity contribution >= 4 is 28.9 Å². The third-order valence-corrected chi connectivity index (χ3v) is 2.36. The Bertz CT molecular complexity index is 499. The van der Waals surface area contributed by atoms with Crippen LogP contribution in [0.3, 0.4) is 0 Å². The number of anilines is 3. The summed E-state index contributed by atoms with van der Waals surface area (Å²) in [6.07, 6.45) is 0.149. The Labute approximate surface area is 96.6 Å². The summed E-state index contributed by atoms with van der Waals surface area (Å²) in [5.41, 5.74) is 1.18. The Balaban J connectivity index is 2.47. The predicted molar refractivity (Wildman–Crippen MR) is 60.7 cm³/mol. The van der Waals surface area contributed by atoms with Crippen molar-refractivity contribution in [2.24, 2.45) is 0 Å². The molecule has 17 heavy (non-hydrogen) atoms. The molecule has 0 saturated carbocycles. The van der Waals surface area contributed by atoms with E-state index in [1.165, 1.54) is 19.1 Å². The average Bonchev–Trinajstić information content (AvgIpc) is 2.54. The lowest BCUT2D eigenvalue weighted by Gasteiger charge is -2.25. The monoisotopic (exact) mass is 236 g/mol. The summed E-state index contributed by atoms with van der Waals surface area (Å²) in [6, 6.07) is 2.81. The molecule has 2 amide bonds. The van der Waals surface area contributed by atoms with E-state index in [-0.39, 0.29) is 34.8 Å². The Morgan fingerprint density at radius 2 is 2.29 bits per heavy atom. The zero-order valence-electron chi connectivity index (χ0n) is 8.98. The molecule has 1 aliphatic rings. The van der Waals surface area contributed by atoms with Gasteiger partial charge >= 0.3 is 0 Å². The van der Waals surface area contributed by atoms with Gasteiger partial charge in [0.05, 0.1) is 17.8 Å². The Morgan fingerprint density at radius 1 is 1.59 bits per heavy atom. The van der Waals surface area contributed by atoms with E-state index in [0.29, 0.717) is 11.3 Å². The van der Waals surface area contributed by atoms with Gasteiger partial charge in [-0.05, 0) is 17.7 Å². The summed E-state index contributed by atoms with van der Waals surface area (Å²) in [6.45, 7) is 1.28. The number of hydrogen-bond donors (Lipinski definition) is 3. The van der Waals surface area contributed by atoms with Crippen molar-refractivity contribution in [1.82, 2.24) is 0 Å². The molecule has 0 saturated heterocycles. The van der Waals surface area contributed by atoms with Gasteiger partial charge in [-0.1, -0.05) is 0 Å². The molecular weight excluding hydrogens is 226 g/mol. The number of hydrogen-bond acceptors (Lipinski definition) is 5. The van der Waals surface area contributed by atoms with Gasteiger partial charge in [0.25, 0.3) is 0 Å². The van der Waals surface area contributed by atoms with E-state index in [9.17, 15) is 14.8 Å². The molecule has 2 rings (SSSR count). The summed E-state index contributed by atoms with van der Waals surface area (Å²) in [5, 5.41) is 24.5. The van der Waals surface area contributed by atoms with Crippen molar-refractivity contribution in [3.8, 4) is 0 Å². The zero-order valence-corrected chi connectivity index (χ0v) is 8.98. The van der Waals surface area contributed by atoms with Crippen LogP contribution in [0.25, 0.3) is 0 Å². The molecule has 0 atom stereocenters.